The number of likely N-dealkylation sites (tertiary alicyclic amines) is 1. The molecule has 0 aromatic heterocycles. The third-order valence-corrected chi connectivity index (χ3v) is 11.7. The van der Waals surface area contributed by atoms with Gasteiger partial charge in [-0.1, -0.05) is 56.0 Å². The first-order chi connectivity index (χ1) is 21.3. The van der Waals surface area contributed by atoms with E-state index < -0.39 is 24.2 Å². The lowest BCUT2D eigenvalue weighted by Gasteiger charge is -2.61. The number of benzene rings is 1. The molecule has 0 bridgehead atoms. The number of nitrogens with zero attached hydrogens (tertiary/aromatic N) is 4. The Morgan fingerprint density at radius 2 is 1.77 bits per heavy atom. The summed E-state index contributed by atoms with van der Waals surface area (Å²) in [6.07, 6.45) is 8.27. The van der Waals surface area contributed by atoms with Crippen LogP contribution in [0.25, 0.3) is 0 Å². The van der Waals surface area contributed by atoms with Crippen molar-refractivity contribution in [2.24, 2.45) is 23.5 Å². The number of carbonyl (C=O) groups is 2. The van der Waals surface area contributed by atoms with Crippen LogP contribution in [0, 0.1) is 17.8 Å². The molecule has 0 spiro atoms. The predicted molar refractivity (Wildman–Crippen MR) is 167 cm³/mol. The second kappa shape index (κ2) is 12.5. The van der Waals surface area contributed by atoms with Crippen molar-refractivity contribution in [2.45, 2.75) is 100 Å². The molecule has 3 heterocycles. The van der Waals surface area contributed by atoms with Crippen molar-refractivity contribution in [2.75, 3.05) is 40.3 Å². The summed E-state index contributed by atoms with van der Waals surface area (Å²) in [5.74, 6) is 0.242. The highest BCUT2D eigenvalue weighted by molar-refractivity contribution is 6.20. The average molecular weight is 608 g/mol. The van der Waals surface area contributed by atoms with E-state index in [4.69, 9.17) is 10.5 Å². The van der Waals surface area contributed by atoms with Crippen molar-refractivity contribution in [3.8, 4) is 0 Å². The fourth-order valence-electron chi connectivity index (χ4n) is 9.49. The largest absolute Gasteiger partial charge is 0.369 e. The molecule has 3 aliphatic heterocycles. The molecule has 1 aromatic rings. The maximum Gasteiger partial charge on any atom is 0.259 e. The minimum Gasteiger partial charge on any atom is -0.369 e. The number of likely N-dealkylation sites (N-methyl/N-ethyl adjacent to an activating group) is 1. The summed E-state index contributed by atoms with van der Waals surface area (Å²) in [5, 5.41) is 0. The summed E-state index contributed by atoms with van der Waals surface area (Å²) in [4.78, 5) is 37.1. The molecule has 1 aromatic carbocycles. The highest BCUT2D eigenvalue weighted by Gasteiger charge is 2.61. The summed E-state index contributed by atoms with van der Waals surface area (Å²) in [6, 6.07) is 9.43. The molecule has 6 aliphatic rings. The standard InChI is InChI=1S/C35H50FN5O3/c1-38(2)14-15-40(19-22-8-4-3-5-9-22)35(43)27-21-41-29-16-23-10-6-7-11-24(23)17-30(29)44-34-31(41)26(33(27)42)18-28(36)32(34)39-13-12-25(37)20-39/h3-5,8-9,21,23-26,28-32,34H,6-7,10-20,37H2,1-2H3. The topological polar surface area (TPSA) is 82.3 Å². The number of alkyl halides is 1. The Kier molecular flexibility index (Phi) is 8.59. The van der Waals surface area contributed by atoms with Gasteiger partial charge < -0.3 is 25.2 Å². The molecule has 10 unspecified atom stereocenters. The van der Waals surface area contributed by atoms with Gasteiger partial charge in [0.1, 0.15) is 6.17 Å². The maximum absolute atomic E-state index is 16.4. The normalized spacial score (nSPS) is 38.5. The smallest absolute Gasteiger partial charge is 0.259 e. The zero-order valence-corrected chi connectivity index (χ0v) is 26.4. The van der Waals surface area contributed by atoms with Gasteiger partial charge in [0.2, 0.25) is 0 Å². The number of fused-ring (bicyclic) bond motifs is 3. The van der Waals surface area contributed by atoms with E-state index in [0.29, 0.717) is 38.0 Å². The van der Waals surface area contributed by atoms with Gasteiger partial charge in [0, 0.05) is 50.9 Å². The molecule has 2 saturated heterocycles. The first kappa shape index (κ1) is 30.3. The molecule has 240 valence electrons. The molecule has 44 heavy (non-hydrogen) atoms. The number of morpholine rings is 1. The van der Waals surface area contributed by atoms with E-state index in [-0.39, 0.29) is 47.9 Å². The third-order valence-electron chi connectivity index (χ3n) is 11.7. The van der Waals surface area contributed by atoms with E-state index in [1.54, 1.807) is 4.90 Å². The van der Waals surface area contributed by atoms with Crippen molar-refractivity contribution < 1.29 is 18.7 Å². The van der Waals surface area contributed by atoms with E-state index in [1.807, 2.05) is 50.6 Å². The Hall–Kier alpha value is -2.33. The van der Waals surface area contributed by atoms with Crippen LogP contribution in [-0.2, 0) is 20.9 Å². The molecular weight excluding hydrogens is 557 g/mol. The number of hydrogen-bond acceptors (Lipinski definition) is 7. The molecule has 2 N–H and O–H groups in total. The molecule has 1 amide bonds. The van der Waals surface area contributed by atoms with Gasteiger partial charge in [-0.25, -0.2) is 4.39 Å². The maximum atomic E-state index is 16.4. The van der Waals surface area contributed by atoms with Gasteiger partial charge in [-0.05, 0) is 57.2 Å². The lowest BCUT2D eigenvalue weighted by molar-refractivity contribution is -0.219. The number of Topliss-reactive ketones (excluding diaryl/α,β-unsaturated/α-hetero) is 1. The quantitative estimate of drug-likeness (QED) is 0.477. The summed E-state index contributed by atoms with van der Waals surface area (Å²) in [6.45, 7) is 3.04. The number of hydrogen-bond donors (Lipinski definition) is 1. The first-order valence-electron chi connectivity index (χ1n) is 17.1. The Labute approximate surface area is 261 Å². The molecule has 3 saturated carbocycles. The van der Waals surface area contributed by atoms with E-state index in [9.17, 15) is 9.59 Å². The van der Waals surface area contributed by atoms with Crippen LogP contribution in [0.1, 0.15) is 56.9 Å². The van der Waals surface area contributed by atoms with E-state index in [2.05, 4.69) is 14.7 Å². The van der Waals surface area contributed by atoms with Crippen LogP contribution in [0.2, 0.25) is 0 Å². The number of amides is 1. The van der Waals surface area contributed by atoms with Gasteiger partial charge in [-0.3, -0.25) is 14.5 Å². The second-order valence-corrected chi connectivity index (χ2v) is 14.7. The zero-order valence-electron chi connectivity index (χ0n) is 26.4. The van der Waals surface area contributed by atoms with Crippen LogP contribution in [0.3, 0.4) is 0 Å². The van der Waals surface area contributed by atoms with E-state index in [0.717, 1.165) is 31.4 Å². The molecule has 5 fully saturated rings. The van der Waals surface area contributed by atoms with Gasteiger partial charge in [0.25, 0.3) is 5.91 Å². The van der Waals surface area contributed by atoms with Crippen molar-refractivity contribution in [1.29, 1.82) is 0 Å². The van der Waals surface area contributed by atoms with Crippen LogP contribution in [0.15, 0.2) is 42.1 Å². The Morgan fingerprint density at radius 3 is 2.48 bits per heavy atom. The van der Waals surface area contributed by atoms with E-state index in [1.165, 1.54) is 25.7 Å². The van der Waals surface area contributed by atoms with Crippen LogP contribution in [-0.4, -0.2) is 114 Å². The van der Waals surface area contributed by atoms with Crippen LogP contribution >= 0.6 is 0 Å². The zero-order chi connectivity index (χ0) is 30.5. The Balaban J connectivity index is 1.25. The van der Waals surface area contributed by atoms with Crippen molar-refractivity contribution in [3.63, 3.8) is 0 Å². The summed E-state index contributed by atoms with van der Waals surface area (Å²) in [5.41, 5.74) is 7.54. The van der Waals surface area contributed by atoms with Crippen LogP contribution in [0.4, 0.5) is 4.39 Å². The second-order valence-electron chi connectivity index (χ2n) is 14.7. The molecule has 10 atom stereocenters. The number of halogens is 1. The minimum atomic E-state index is -1.21. The molecule has 0 radical (unpaired) electrons. The lowest BCUT2D eigenvalue weighted by Crippen LogP contribution is -2.73. The van der Waals surface area contributed by atoms with Crippen molar-refractivity contribution in [3.05, 3.63) is 47.7 Å². The average Bonchev–Trinajstić information content (AvgIpc) is 3.45. The fraction of sp³-hybridized carbons (Fsp3) is 0.714. The number of carbonyl (C=O) groups excluding carboxylic acids is 2. The van der Waals surface area contributed by atoms with Gasteiger partial charge >= 0.3 is 0 Å². The predicted octanol–water partition coefficient (Wildman–Crippen LogP) is 3.21. The summed E-state index contributed by atoms with van der Waals surface area (Å²) >= 11 is 0. The molecular formula is C35H50FN5O3. The highest BCUT2D eigenvalue weighted by Crippen LogP contribution is 2.51. The highest BCUT2D eigenvalue weighted by atomic mass is 19.1. The fourth-order valence-corrected chi connectivity index (χ4v) is 9.49. The van der Waals surface area contributed by atoms with E-state index >= 15 is 4.39 Å². The molecule has 3 aliphatic carbocycles. The number of rotatable bonds is 7. The Morgan fingerprint density at radius 1 is 1.02 bits per heavy atom. The minimum absolute atomic E-state index is 0.0182. The van der Waals surface area contributed by atoms with Crippen LogP contribution < -0.4 is 5.73 Å². The SMILES string of the molecule is CN(C)CCN(Cc1ccccc1)C(=O)C1=CN2C3CC4CCCCC4CC3OC3C(N4CCC(N)C4)C(F)CC(C1=O)C32. The summed E-state index contributed by atoms with van der Waals surface area (Å²) in [7, 11) is 3.98. The molecule has 8 nitrogen and oxygen atoms in total. The molecule has 9 heteroatoms. The third kappa shape index (κ3) is 5.63. The Bertz CT molecular complexity index is 1240. The van der Waals surface area contributed by atoms with Gasteiger partial charge in [-0.15, -0.1) is 0 Å². The van der Waals surface area contributed by atoms with Crippen molar-refractivity contribution >= 4 is 11.7 Å². The van der Waals surface area contributed by atoms with Gasteiger partial charge in [-0.2, -0.15) is 0 Å². The monoisotopic (exact) mass is 607 g/mol. The molecule has 7 rings (SSSR count). The van der Waals surface area contributed by atoms with Gasteiger partial charge in [0.05, 0.1) is 35.9 Å². The first-order valence-corrected chi connectivity index (χ1v) is 17.1. The number of ketones is 1. The number of ether oxygens (including phenoxy) is 1. The van der Waals surface area contributed by atoms with Crippen molar-refractivity contribution in [1.82, 2.24) is 19.6 Å². The van der Waals surface area contributed by atoms with Gasteiger partial charge in [0.15, 0.2) is 5.78 Å². The summed E-state index contributed by atoms with van der Waals surface area (Å²) < 4.78 is 23.4. The number of nitrogens with two attached hydrogens (primary N) is 1. The lowest BCUT2D eigenvalue weighted by atomic mass is 9.64. The van der Waals surface area contributed by atoms with Crippen LogP contribution in [0.5, 0.6) is 0 Å².